The van der Waals surface area contributed by atoms with Gasteiger partial charge < -0.3 is 14.8 Å². The molecule has 1 heterocycles. The summed E-state index contributed by atoms with van der Waals surface area (Å²) in [4.78, 5) is 15.2. The lowest BCUT2D eigenvalue weighted by atomic mass is 9.94. The molecule has 5 heteroatoms. The molecule has 1 fully saturated rings. The highest BCUT2D eigenvalue weighted by molar-refractivity contribution is 5.95. The Labute approximate surface area is 166 Å². The third kappa shape index (κ3) is 4.30. The Balaban J connectivity index is 1.41. The maximum atomic E-state index is 12.8. The molecule has 0 aromatic heterocycles. The molecule has 2 aromatic carbocycles. The van der Waals surface area contributed by atoms with E-state index in [1.54, 1.807) is 0 Å². The van der Waals surface area contributed by atoms with Crippen LogP contribution >= 0.6 is 0 Å². The predicted molar refractivity (Wildman–Crippen MR) is 110 cm³/mol. The summed E-state index contributed by atoms with van der Waals surface area (Å²) in [5.41, 5.74) is 1.97. The van der Waals surface area contributed by atoms with Gasteiger partial charge in [0.15, 0.2) is 11.5 Å². The minimum absolute atomic E-state index is 0.178. The second kappa shape index (κ2) is 8.65. The molecule has 1 N–H and O–H groups in total. The lowest BCUT2D eigenvalue weighted by Gasteiger charge is -2.32. The molecule has 0 radical (unpaired) electrons. The average Bonchev–Trinajstić information content (AvgIpc) is 2.75. The van der Waals surface area contributed by atoms with Crippen LogP contribution in [-0.4, -0.2) is 36.6 Å². The summed E-state index contributed by atoms with van der Waals surface area (Å²) in [5, 5.41) is 3.05. The van der Waals surface area contributed by atoms with Crippen LogP contribution in [0.1, 0.15) is 37.7 Å². The second-order valence-electron chi connectivity index (χ2n) is 7.72. The van der Waals surface area contributed by atoms with Crippen LogP contribution in [0.25, 0.3) is 0 Å². The van der Waals surface area contributed by atoms with E-state index in [1.807, 2.05) is 42.5 Å². The van der Waals surface area contributed by atoms with Crippen molar-refractivity contribution >= 4 is 11.6 Å². The molecule has 0 saturated heterocycles. The molecule has 4 rings (SSSR count). The molecule has 148 valence electrons. The van der Waals surface area contributed by atoms with E-state index in [2.05, 4.69) is 23.3 Å². The highest BCUT2D eigenvalue weighted by Crippen LogP contribution is 2.31. The molecule has 28 heavy (non-hydrogen) atoms. The predicted octanol–water partition coefficient (Wildman–Crippen LogP) is 4.23. The van der Waals surface area contributed by atoms with Crippen molar-refractivity contribution in [2.75, 3.05) is 19.0 Å². The summed E-state index contributed by atoms with van der Waals surface area (Å²) in [6, 6.07) is 16.1. The van der Waals surface area contributed by atoms with Crippen LogP contribution in [0.5, 0.6) is 11.5 Å². The number of nitrogens with one attached hydrogen (secondary N) is 1. The van der Waals surface area contributed by atoms with Gasteiger partial charge in [-0.15, -0.1) is 0 Å². The molecule has 0 spiro atoms. The first-order valence-corrected chi connectivity index (χ1v) is 10.2. The van der Waals surface area contributed by atoms with Crippen molar-refractivity contribution in [3.8, 4) is 11.5 Å². The molecule has 0 bridgehead atoms. The number of carbonyl (C=O) groups excluding carboxylic acids is 1. The molecule has 2 aromatic rings. The molecule has 1 aliphatic heterocycles. The van der Waals surface area contributed by atoms with E-state index < -0.39 is 6.10 Å². The third-order valence-corrected chi connectivity index (χ3v) is 5.69. The third-order valence-electron chi connectivity index (χ3n) is 5.69. The molecule has 1 saturated carbocycles. The van der Waals surface area contributed by atoms with Crippen LogP contribution in [-0.2, 0) is 11.3 Å². The molecule has 2 aliphatic rings. The Morgan fingerprint density at radius 1 is 1.04 bits per heavy atom. The fraction of sp³-hybridized carbons (Fsp3) is 0.435. The van der Waals surface area contributed by atoms with Gasteiger partial charge in [-0.3, -0.25) is 9.69 Å². The fourth-order valence-electron chi connectivity index (χ4n) is 4.06. The van der Waals surface area contributed by atoms with E-state index in [0.29, 0.717) is 17.5 Å². The molecule has 1 aliphatic carbocycles. The number of para-hydroxylation sites is 3. The zero-order valence-corrected chi connectivity index (χ0v) is 16.4. The molecule has 5 nitrogen and oxygen atoms in total. The van der Waals surface area contributed by atoms with E-state index in [4.69, 9.17) is 9.47 Å². The quantitative estimate of drug-likeness (QED) is 0.843. The van der Waals surface area contributed by atoms with E-state index in [-0.39, 0.29) is 12.5 Å². The number of amides is 1. The standard InChI is InChI=1S/C23H28N2O3/c1-25(18-10-3-2-4-11-18)15-17-9-5-6-12-19(17)24-23(26)22-16-27-20-13-7-8-14-21(20)28-22/h5-9,12-14,18,22H,2-4,10-11,15-16H2,1H3,(H,24,26). The number of hydrogen-bond acceptors (Lipinski definition) is 4. The second-order valence-corrected chi connectivity index (χ2v) is 7.72. The molecular formula is C23H28N2O3. The zero-order valence-electron chi connectivity index (χ0n) is 16.4. The Kier molecular flexibility index (Phi) is 5.81. The Morgan fingerprint density at radius 3 is 2.57 bits per heavy atom. The maximum Gasteiger partial charge on any atom is 0.269 e. The monoisotopic (exact) mass is 380 g/mol. The van der Waals surface area contributed by atoms with Gasteiger partial charge in [-0.2, -0.15) is 0 Å². The van der Waals surface area contributed by atoms with Gasteiger partial charge in [-0.25, -0.2) is 0 Å². The number of fused-ring (bicyclic) bond motifs is 1. The topological polar surface area (TPSA) is 50.8 Å². The Hall–Kier alpha value is -2.53. The van der Waals surface area contributed by atoms with E-state index in [1.165, 1.54) is 32.1 Å². The minimum atomic E-state index is -0.654. The van der Waals surface area contributed by atoms with Crippen molar-refractivity contribution in [1.82, 2.24) is 4.90 Å². The number of hydrogen-bond donors (Lipinski definition) is 1. The van der Waals surface area contributed by atoms with E-state index >= 15 is 0 Å². The Morgan fingerprint density at radius 2 is 1.75 bits per heavy atom. The number of ether oxygens (including phenoxy) is 2. The highest BCUT2D eigenvalue weighted by atomic mass is 16.6. The van der Waals surface area contributed by atoms with Gasteiger partial charge in [0.25, 0.3) is 5.91 Å². The molecule has 1 unspecified atom stereocenters. The number of benzene rings is 2. The van der Waals surface area contributed by atoms with E-state index in [9.17, 15) is 4.79 Å². The van der Waals surface area contributed by atoms with Crippen LogP contribution in [0.2, 0.25) is 0 Å². The van der Waals surface area contributed by atoms with Gasteiger partial charge in [0.2, 0.25) is 6.10 Å². The molecule has 1 amide bonds. The summed E-state index contributed by atoms with van der Waals surface area (Å²) >= 11 is 0. The van der Waals surface area contributed by atoms with Gasteiger partial charge in [0, 0.05) is 18.3 Å². The number of nitrogens with zero attached hydrogens (tertiary/aromatic N) is 1. The van der Waals surface area contributed by atoms with Crippen molar-refractivity contribution in [3.05, 3.63) is 54.1 Å². The van der Waals surface area contributed by atoms with Crippen molar-refractivity contribution in [2.24, 2.45) is 0 Å². The summed E-state index contributed by atoms with van der Waals surface area (Å²) in [7, 11) is 2.18. The first-order valence-electron chi connectivity index (χ1n) is 10.2. The average molecular weight is 380 g/mol. The van der Waals surface area contributed by atoms with E-state index in [0.717, 1.165) is 17.8 Å². The summed E-state index contributed by atoms with van der Waals surface area (Å²) < 4.78 is 11.5. The SMILES string of the molecule is CN(Cc1ccccc1NC(=O)C1COc2ccccc2O1)C1CCCCC1. The number of anilines is 1. The highest BCUT2D eigenvalue weighted by Gasteiger charge is 2.28. The smallest absolute Gasteiger partial charge is 0.269 e. The number of rotatable bonds is 5. The van der Waals surface area contributed by atoms with Crippen LogP contribution in [0.4, 0.5) is 5.69 Å². The number of carbonyl (C=O) groups is 1. The zero-order chi connectivity index (χ0) is 19.3. The lowest BCUT2D eigenvalue weighted by molar-refractivity contribution is -0.125. The first-order chi connectivity index (χ1) is 13.7. The fourth-order valence-corrected chi connectivity index (χ4v) is 4.06. The first kappa shape index (κ1) is 18.8. The van der Waals surface area contributed by atoms with Gasteiger partial charge in [-0.05, 0) is 43.7 Å². The van der Waals surface area contributed by atoms with Gasteiger partial charge in [0.1, 0.15) is 6.61 Å². The van der Waals surface area contributed by atoms with Crippen LogP contribution in [0.15, 0.2) is 48.5 Å². The lowest BCUT2D eigenvalue weighted by Crippen LogP contribution is -2.40. The van der Waals surface area contributed by atoms with Crippen LogP contribution in [0, 0.1) is 0 Å². The van der Waals surface area contributed by atoms with Gasteiger partial charge in [-0.1, -0.05) is 49.6 Å². The maximum absolute atomic E-state index is 12.8. The largest absolute Gasteiger partial charge is 0.485 e. The van der Waals surface area contributed by atoms with Crippen molar-refractivity contribution in [2.45, 2.75) is 50.8 Å². The van der Waals surface area contributed by atoms with Crippen LogP contribution in [0.3, 0.4) is 0 Å². The Bertz CT molecular complexity index is 817. The van der Waals surface area contributed by atoms with Crippen molar-refractivity contribution in [1.29, 1.82) is 0 Å². The summed E-state index contributed by atoms with van der Waals surface area (Å²) in [6.07, 6.45) is 5.85. The summed E-state index contributed by atoms with van der Waals surface area (Å²) in [5.74, 6) is 1.11. The minimum Gasteiger partial charge on any atom is -0.485 e. The van der Waals surface area contributed by atoms with Gasteiger partial charge in [0.05, 0.1) is 0 Å². The summed E-state index contributed by atoms with van der Waals surface area (Å²) in [6.45, 7) is 1.04. The van der Waals surface area contributed by atoms with Crippen molar-refractivity contribution < 1.29 is 14.3 Å². The normalized spacial score (nSPS) is 19.4. The molecular weight excluding hydrogens is 352 g/mol. The van der Waals surface area contributed by atoms with Gasteiger partial charge >= 0.3 is 0 Å². The van der Waals surface area contributed by atoms with Crippen LogP contribution < -0.4 is 14.8 Å². The van der Waals surface area contributed by atoms with Crippen molar-refractivity contribution in [3.63, 3.8) is 0 Å². The molecule has 1 atom stereocenters.